The van der Waals surface area contributed by atoms with E-state index in [-0.39, 0.29) is 11.5 Å². The summed E-state index contributed by atoms with van der Waals surface area (Å²) >= 11 is 3.37. The van der Waals surface area contributed by atoms with Gasteiger partial charge in [0.15, 0.2) is 5.78 Å². The van der Waals surface area contributed by atoms with E-state index < -0.39 is 10.0 Å². The van der Waals surface area contributed by atoms with Crippen LogP contribution < -0.4 is 4.72 Å². The number of carbonyl (C=O) groups excluding carboxylic acids is 1. The Hall–Kier alpha value is -2.19. The monoisotopic (exact) mass is 435 g/mol. The van der Waals surface area contributed by atoms with Gasteiger partial charge in [0.25, 0.3) is 0 Å². The molecule has 0 amide bonds. The summed E-state index contributed by atoms with van der Waals surface area (Å²) in [5, 5.41) is 0.709. The lowest BCUT2D eigenvalue weighted by molar-refractivity contribution is 0.103. The second-order valence-corrected chi connectivity index (χ2v) is 8.74. The van der Waals surface area contributed by atoms with E-state index in [1.807, 2.05) is 6.07 Å². The fourth-order valence-corrected chi connectivity index (χ4v) is 4.32. The number of halogens is 1. The summed E-state index contributed by atoms with van der Waals surface area (Å²) in [6.07, 6.45) is 3.80. The minimum absolute atomic E-state index is 0.0345. The number of carbonyl (C=O) groups is 1. The maximum Gasteiger partial charge on any atom is 0.232 e. The van der Waals surface area contributed by atoms with Crippen LogP contribution in [0.5, 0.6) is 0 Å². The number of hydrogen-bond acceptors (Lipinski definition) is 4. The van der Waals surface area contributed by atoms with Crippen molar-refractivity contribution in [1.29, 1.82) is 0 Å². The van der Waals surface area contributed by atoms with Crippen LogP contribution in [0.2, 0.25) is 0 Å². The number of rotatable bonds is 6. The van der Waals surface area contributed by atoms with Gasteiger partial charge in [-0.05, 0) is 47.0 Å². The highest BCUT2D eigenvalue weighted by molar-refractivity contribution is 9.10. The average molecular weight is 436 g/mol. The van der Waals surface area contributed by atoms with Crippen LogP contribution in [0.3, 0.4) is 0 Å². The van der Waals surface area contributed by atoms with Crippen molar-refractivity contribution in [3.8, 4) is 0 Å². The molecule has 2 aromatic heterocycles. The molecule has 3 rings (SSSR count). The van der Waals surface area contributed by atoms with Gasteiger partial charge < -0.3 is 4.98 Å². The Labute approximate surface area is 160 Å². The van der Waals surface area contributed by atoms with Gasteiger partial charge in [0, 0.05) is 33.4 Å². The standard InChI is InChI=1S/C18H18BrN3O3S/c1-3-7-26(24,25)22-16-6-4-5-13(11(16)2)17(23)15-10-21-18-14(15)8-12(19)9-20-18/h4-6,8-10,22H,3,7H2,1-2H3,(H,20,21). The molecule has 0 bridgehead atoms. The summed E-state index contributed by atoms with van der Waals surface area (Å²) in [6.45, 7) is 3.54. The van der Waals surface area contributed by atoms with Crippen LogP contribution in [0.15, 0.2) is 41.1 Å². The lowest BCUT2D eigenvalue weighted by atomic mass is 9.98. The van der Waals surface area contributed by atoms with Crippen LogP contribution in [0, 0.1) is 6.92 Å². The molecule has 0 unspecified atom stereocenters. The summed E-state index contributed by atoms with van der Waals surface area (Å²) in [4.78, 5) is 20.3. The van der Waals surface area contributed by atoms with Crippen molar-refractivity contribution in [2.45, 2.75) is 20.3 Å². The molecule has 2 heterocycles. The van der Waals surface area contributed by atoms with E-state index in [0.717, 1.165) is 4.47 Å². The van der Waals surface area contributed by atoms with Crippen LogP contribution in [-0.4, -0.2) is 29.9 Å². The summed E-state index contributed by atoms with van der Waals surface area (Å²) in [5.74, 6) is -0.155. The third-order valence-electron chi connectivity index (χ3n) is 4.06. The Balaban J connectivity index is 2.02. The molecule has 0 aliphatic carbocycles. The number of anilines is 1. The number of pyridine rings is 1. The lowest BCUT2D eigenvalue weighted by Crippen LogP contribution is -2.17. The number of benzene rings is 1. The lowest BCUT2D eigenvalue weighted by Gasteiger charge is -2.13. The Kier molecular flexibility index (Phi) is 5.15. The smallest absolute Gasteiger partial charge is 0.232 e. The number of aromatic amines is 1. The van der Waals surface area contributed by atoms with Crippen LogP contribution >= 0.6 is 15.9 Å². The first-order valence-electron chi connectivity index (χ1n) is 8.10. The zero-order valence-corrected chi connectivity index (χ0v) is 16.7. The summed E-state index contributed by atoms with van der Waals surface area (Å²) in [7, 11) is -3.43. The summed E-state index contributed by atoms with van der Waals surface area (Å²) < 4.78 is 27.5. The summed E-state index contributed by atoms with van der Waals surface area (Å²) in [5.41, 5.74) is 2.57. The number of sulfonamides is 1. The molecule has 0 saturated carbocycles. The van der Waals surface area contributed by atoms with Gasteiger partial charge in [-0.2, -0.15) is 0 Å². The highest BCUT2D eigenvalue weighted by Gasteiger charge is 2.19. The number of nitrogens with one attached hydrogen (secondary N) is 2. The molecular formula is C18H18BrN3O3S. The third kappa shape index (κ3) is 3.66. The first-order chi connectivity index (χ1) is 12.3. The van der Waals surface area contributed by atoms with E-state index in [2.05, 4.69) is 30.6 Å². The topological polar surface area (TPSA) is 91.9 Å². The van der Waals surface area contributed by atoms with Crippen LogP contribution in [0.1, 0.15) is 34.8 Å². The van der Waals surface area contributed by atoms with Crippen molar-refractivity contribution in [3.05, 3.63) is 57.8 Å². The Morgan fingerprint density at radius 2 is 2.08 bits per heavy atom. The number of H-pyrrole nitrogens is 1. The van der Waals surface area contributed by atoms with Crippen molar-refractivity contribution in [2.75, 3.05) is 10.5 Å². The number of ketones is 1. The normalized spacial score (nSPS) is 11.7. The molecule has 0 fully saturated rings. The van der Waals surface area contributed by atoms with Crippen molar-refractivity contribution in [1.82, 2.24) is 9.97 Å². The number of fused-ring (bicyclic) bond motifs is 1. The van der Waals surface area contributed by atoms with Crippen molar-refractivity contribution in [2.24, 2.45) is 0 Å². The van der Waals surface area contributed by atoms with Gasteiger partial charge in [-0.15, -0.1) is 0 Å². The van der Waals surface area contributed by atoms with E-state index >= 15 is 0 Å². The fraction of sp³-hybridized carbons (Fsp3) is 0.222. The number of nitrogens with zero attached hydrogens (tertiary/aromatic N) is 1. The molecule has 3 aromatic rings. The van der Waals surface area contributed by atoms with Crippen molar-refractivity contribution >= 4 is 48.5 Å². The zero-order valence-electron chi connectivity index (χ0n) is 14.3. The third-order valence-corrected chi connectivity index (χ3v) is 5.97. The molecule has 26 heavy (non-hydrogen) atoms. The predicted molar refractivity (Wildman–Crippen MR) is 106 cm³/mol. The van der Waals surface area contributed by atoms with E-state index in [0.29, 0.717) is 39.8 Å². The van der Waals surface area contributed by atoms with Crippen LogP contribution in [0.25, 0.3) is 11.0 Å². The van der Waals surface area contributed by atoms with Gasteiger partial charge in [0.2, 0.25) is 10.0 Å². The maximum absolute atomic E-state index is 13.1. The second-order valence-electron chi connectivity index (χ2n) is 5.98. The van der Waals surface area contributed by atoms with Crippen LogP contribution in [-0.2, 0) is 10.0 Å². The Morgan fingerprint density at radius 1 is 1.31 bits per heavy atom. The minimum atomic E-state index is -3.43. The zero-order chi connectivity index (χ0) is 18.9. The molecule has 1 aromatic carbocycles. The van der Waals surface area contributed by atoms with Crippen LogP contribution in [0.4, 0.5) is 5.69 Å². The van der Waals surface area contributed by atoms with Gasteiger partial charge in [-0.25, -0.2) is 13.4 Å². The molecule has 0 radical (unpaired) electrons. The van der Waals surface area contributed by atoms with E-state index in [4.69, 9.17) is 0 Å². The molecular weight excluding hydrogens is 418 g/mol. The number of aromatic nitrogens is 2. The predicted octanol–water partition coefficient (Wildman–Crippen LogP) is 4.02. The Bertz CT molecular complexity index is 1090. The molecule has 0 spiro atoms. The highest BCUT2D eigenvalue weighted by Crippen LogP contribution is 2.27. The fourth-order valence-electron chi connectivity index (χ4n) is 2.79. The molecule has 0 saturated heterocycles. The van der Waals surface area contributed by atoms with E-state index in [1.165, 1.54) is 0 Å². The second kappa shape index (κ2) is 7.20. The van der Waals surface area contributed by atoms with Gasteiger partial charge in [0.1, 0.15) is 5.65 Å². The van der Waals surface area contributed by atoms with E-state index in [9.17, 15) is 13.2 Å². The molecule has 2 N–H and O–H groups in total. The molecule has 6 nitrogen and oxygen atoms in total. The first-order valence-corrected chi connectivity index (χ1v) is 10.5. The Morgan fingerprint density at radius 3 is 2.81 bits per heavy atom. The van der Waals surface area contributed by atoms with Crippen molar-refractivity contribution in [3.63, 3.8) is 0 Å². The quantitative estimate of drug-likeness (QED) is 0.571. The SMILES string of the molecule is CCCS(=O)(=O)Nc1cccc(C(=O)c2c[nH]c3ncc(Br)cc23)c1C. The molecule has 0 aliphatic rings. The molecule has 0 atom stereocenters. The summed E-state index contributed by atoms with van der Waals surface area (Å²) in [6, 6.07) is 6.86. The maximum atomic E-state index is 13.1. The largest absolute Gasteiger partial charge is 0.345 e. The molecule has 0 aliphatic heterocycles. The van der Waals surface area contributed by atoms with Gasteiger partial charge >= 0.3 is 0 Å². The molecule has 136 valence electrons. The van der Waals surface area contributed by atoms with Gasteiger partial charge in [0.05, 0.1) is 11.4 Å². The molecule has 8 heteroatoms. The van der Waals surface area contributed by atoms with Crippen molar-refractivity contribution < 1.29 is 13.2 Å². The van der Waals surface area contributed by atoms with Gasteiger partial charge in [-0.3, -0.25) is 9.52 Å². The average Bonchev–Trinajstić information content (AvgIpc) is 2.99. The number of hydrogen-bond donors (Lipinski definition) is 2. The minimum Gasteiger partial charge on any atom is -0.345 e. The van der Waals surface area contributed by atoms with E-state index in [1.54, 1.807) is 44.4 Å². The van der Waals surface area contributed by atoms with Gasteiger partial charge in [-0.1, -0.05) is 19.1 Å². The highest BCUT2D eigenvalue weighted by atomic mass is 79.9. The first kappa shape index (κ1) is 18.6.